The SMILES string of the molecule is COC1CC(OC2CCC(NC(=O)C3CCC(N4CCC5(CCN(C6CCC(C7=NC(CC8NCCO8)C8NNC(C)N8C8SC(C)C(C)C78)CC6F)CC5)C4)NN3)CC2)CCC1C#N. The second kappa shape index (κ2) is 20.4. The first kappa shape index (κ1) is 47.2. The van der Waals surface area contributed by atoms with Gasteiger partial charge in [0, 0.05) is 74.5 Å². The van der Waals surface area contributed by atoms with E-state index in [9.17, 15) is 10.1 Å². The van der Waals surface area contributed by atoms with Crippen LogP contribution in [0.2, 0.25) is 0 Å². The quantitative estimate of drug-likeness (QED) is 0.187. The summed E-state index contributed by atoms with van der Waals surface area (Å²) in [6, 6.07) is 2.38. The standard InChI is InChI=1S/C48H80FN11O4S/c1-28-29(2)65-47-43(28)44(53-38(25-42-51-18-22-63-42)45-57-54-30(3)60(45)47)31-6-13-39(36(49)23-31)58-19-15-48(16-20-58)17-21-59(27-48)41-14-12-37(55-56-41)46(61)52-33-7-10-34(11-8-33)64-35-9-5-32(26-50)40(24-35)62-4/h28-43,45,47,51,54-57H,5-25,27H2,1-4H3,(H,52,61). The molecule has 6 N–H and O–H groups in total. The number of nitrogens with one attached hydrogen (secondary N) is 6. The zero-order valence-corrected chi connectivity index (χ0v) is 40.4. The summed E-state index contributed by atoms with van der Waals surface area (Å²) in [5.41, 5.74) is 15.7. The van der Waals surface area contributed by atoms with Crippen molar-refractivity contribution in [3.05, 3.63) is 0 Å². The number of nitriles is 1. The molecule has 1 spiro atoms. The van der Waals surface area contributed by atoms with Gasteiger partial charge < -0.3 is 19.5 Å². The molecule has 0 aromatic carbocycles. The van der Waals surface area contributed by atoms with E-state index < -0.39 is 6.17 Å². The number of rotatable bonds is 10. The molecule has 65 heavy (non-hydrogen) atoms. The normalized spacial score (nSPS) is 46.3. The van der Waals surface area contributed by atoms with Crippen LogP contribution in [0.4, 0.5) is 4.39 Å². The number of thioether (sulfide) groups is 1. The van der Waals surface area contributed by atoms with E-state index in [0.717, 1.165) is 129 Å². The maximum Gasteiger partial charge on any atom is 0.238 e. The van der Waals surface area contributed by atoms with Crippen molar-refractivity contribution in [2.75, 3.05) is 46.4 Å². The fourth-order valence-electron chi connectivity index (χ4n) is 14.1. The summed E-state index contributed by atoms with van der Waals surface area (Å²) in [6.45, 7) is 12.8. The summed E-state index contributed by atoms with van der Waals surface area (Å²) in [4.78, 5) is 26.9. The lowest BCUT2D eigenvalue weighted by Crippen LogP contribution is -2.62. The minimum atomic E-state index is -0.839. The number of fused-ring (bicyclic) bond motifs is 3. The zero-order valence-electron chi connectivity index (χ0n) is 39.6. The predicted molar refractivity (Wildman–Crippen MR) is 250 cm³/mol. The molecule has 0 aromatic heterocycles. The van der Waals surface area contributed by atoms with E-state index in [-0.39, 0.29) is 90.4 Å². The van der Waals surface area contributed by atoms with Gasteiger partial charge in [-0.25, -0.2) is 26.1 Å². The van der Waals surface area contributed by atoms with Gasteiger partial charge in [0.2, 0.25) is 5.91 Å². The van der Waals surface area contributed by atoms with Gasteiger partial charge in [0.25, 0.3) is 0 Å². The Hall–Kier alpha value is -1.53. The lowest BCUT2D eigenvalue weighted by Gasteiger charge is -2.46. The number of halogens is 1. The molecule has 0 radical (unpaired) electrons. The summed E-state index contributed by atoms with van der Waals surface area (Å²) in [5, 5.41) is 17.2. The molecule has 15 nitrogen and oxygen atoms in total. The smallest absolute Gasteiger partial charge is 0.238 e. The fourth-order valence-corrected chi connectivity index (χ4v) is 16.0. The van der Waals surface area contributed by atoms with Crippen LogP contribution in [0.3, 0.4) is 0 Å². The number of ether oxygens (including phenoxy) is 3. The third-order valence-electron chi connectivity index (χ3n) is 18.2. The Labute approximate surface area is 391 Å². The first-order chi connectivity index (χ1) is 31.6. The maximum atomic E-state index is 16.8. The van der Waals surface area contributed by atoms with Gasteiger partial charge in [-0.3, -0.25) is 29.8 Å². The molecular weight excluding hydrogens is 846 g/mol. The van der Waals surface area contributed by atoms with E-state index in [2.05, 4.69) is 85.6 Å². The van der Waals surface area contributed by atoms with Crippen molar-refractivity contribution < 1.29 is 23.4 Å². The van der Waals surface area contributed by atoms with Crippen molar-refractivity contribution in [1.29, 1.82) is 5.26 Å². The van der Waals surface area contributed by atoms with Crippen LogP contribution in [0.15, 0.2) is 4.99 Å². The molecule has 7 aliphatic heterocycles. The number of hydrogen-bond acceptors (Lipinski definition) is 15. The van der Waals surface area contributed by atoms with Crippen LogP contribution in [-0.4, -0.2) is 157 Å². The number of hydrogen-bond donors (Lipinski definition) is 6. The molecule has 0 bridgehead atoms. The molecule has 16 atom stereocenters. The van der Waals surface area contributed by atoms with Crippen LogP contribution >= 0.6 is 11.8 Å². The Balaban J connectivity index is 0.671. The third kappa shape index (κ3) is 9.96. The number of likely N-dealkylation sites (tertiary alicyclic amines) is 2. The average Bonchev–Trinajstić information content (AvgIpc) is 4.12. The van der Waals surface area contributed by atoms with Gasteiger partial charge in [-0.15, -0.1) is 11.8 Å². The van der Waals surface area contributed by atoms with Crippen LogP contribution in [-0.2, 0) is 19.0 Å². The molecule has 6 saturated heterocycles. The second-order valence-electron chi connectivity index (χ2n) is 22.0. The monoisotopic (exact) mass is 926 g/mol. The van der Waals surface area contributed by atoms with Gasteiger partial charge in [-0.05, 0) is 121 Å². The summed E-state index contributed by atoms with van der Waals surface area (Å²) in [7, 11) is 1.69. The molecule has 364 valence electrons. The van der Waals surface area contributed by atoms with Gasteiger partial charge in [0.15, 0.2) is 0 Å². The Morgan fingerprint density at radius 2 is 1.74 bits per heavy atom. The molecule has 17 heteroatoms. The largest absolute Gasteiger partial charge is 0.380 e. The van der Waals surface area contributed by atoms with E-state index in [4.69, 9.17) is 19.2 Å². The Kier molecular flexibility index (Phi) is 14.8. The van der Waals surface area contributed by atoms with Crippen molar-refractivity contribution in [2.45, 2.75) is 208 Å². The number of amides is 1. The van der Waals surface area contributed by atoms with E-state index >= 15 is 4.39 Å². The summed E-state index contributed by atoms with van der Waals surface area (Å²) >= 11 is 2.10. The van der Waals surface area contributed by atoms with Crippen molar-refractivity contribution in [3.63, 3.8) is 0 Å². The lowest BCUT2D eigenvalue weighted by molar-refractivity contribution is -0.126. The number of nitrogens with zero attached hydrogens (tertiary/aromatic N) is 5. The first-order valence-corrected chi connectivity index (χ1v) is 26.9. The van der Waals surface area contributed by atoms with Crippen molar-refractivity contribution in [3.8, 4) is 6.07 Å². The molecule has 7 heterocycles. The van der Waals surface area contributed by atoms with Gasteiger partial charge in [0.05, 0.1) is 66.8 Å². The number of hydrazine groups is 2. The van der Waals surface area contributed by atoms with Gasteiger partial charge in [0.1, 0.15) is 18.4 Å². The fraction of sp³-hybridized carbons (Fsp3) is 0.938. The summed E-state index contributed by atoms with van der Waals surface area (Å²) < 4.78 is 34.9. The van der Waals surface area contributed by atoms with E-state index in [0.29, 0.717) is 28.9 Å². The predicted octanol–water partition coefficient (Wildman–Crippen LogP) is 3.97. The highest BCUT2D eigenvalue weighted by molar-refractivity contribution is 8.00. The van der Waals surface area contributed by atoms with Crippen LogP contribution in [0.1, 0.15) is 124 Å². The molecule has 0 aromatic rings. The maximum absolute atomic E-state index is 16.8. The van der Waals surface area contributed by atoms with E-state index in [1.807, 2.05) is 0 Å². The summed E-state index contributed by atoms with van der Waals surface area (Å²) in [6.07, 6.45) is 14.8. The number of aliphatic imine (C=N–C) groups is 1. The molecule has 16 unspecified atom stereocenters. The van der Waals surface area contributed by atoms with Crippen LogP contribution in [0.5, 0.6) is 0 Å². The average molecular weight is 926 g/mol. The first-order valence-electron chi connectivity index (χ1n) is 26.0. The van der Waals surface area contributed by atoms with E-state index in [1.54, 1.807) is 7.11 Å². The lowest BCUT2D eigenvalue weighted by atomic mass is 9.73. The molecule has 10 rings (SSSR count). The zero-order chi connectivity index (χ0) is 44.8. The minimum absolute atomic E-state index is 0.000785. The molecule has 10 aliphatic rings. The number of carbonyl (C=O) groups is 1. The molecule has 1 amide bonds. The van der Waals surface area contributed by atoms with E-state index in [1.165, 1.54) is 12.1 Å². The number of alkyl halides is 1. The number of methoxy groups -OCH3 is 1. The second-order valence-corrected chi connectivity index (χ2v) is 23.5. The highest BCUT2D eigenvalue weighted by Gasteiger charge is 2.55. The highest BCUT2D eigenvalue weighted by Crippen LogP contribution is 2.51. The number of piperidine rings is 1. The topological polar surface area (TPSA) is 163 Å². The minimum Gasteiger partial charge on any atom is -0.380 e. The summed E-state index contributed by atoms with van der Waals surface area (Å²) in [5.74, 6) is 1.05. The molecule has 3 aliphatic carbocycles. The van der Waals surface area contributed by atoms with Crippen LogP contribution in [0.25, 0.3) is 0 Å². The Morgan fingerprint density at radius 3 is 2.45 bits per heavy atom. The van der Waals surface area contributed by atoms with Gasteiger partial charge in [-0.2, -0.15) is 5.26 Å². The third-order valence-corrected chi connectivity index (χ3v) is 19.9. The van der Waals surface area contributed by atoms with Crippen LogP contribution in [0, 0.1) is 40.4 Å². The van der Waals surface area contributed by atoms with Gasteiger partial charge in [-0.1, -0.05) is 13.8 Å². The molecule has 9 fully saturated rings. The van der Waals surface area contributed by atoms with Crippen molar-refractivity contribution >= 4 is 23.4 Å². The molecule has 3 saturated carbocycles. The van der Waals surface area contributed by atoms with Gasteiger partial charge >= 0.3 is 0 Å². The molecular formula is C48H80FN11O4S. The van der Waals surface area contributed by atoms with Crippen molar-refractivity contribution in [2.24, 2.45) is 34.1 Å². The Morgan fingerprint density at radius 1 is 0.954 bits per heavy atom. The number of carbonyl (C=O) groups excluding carboxylic acids is 1. The van der Waals surface area contributed by atoms with Crippen LogP contribution < -0.4 is 32.3 Å². The Bertz CT molecular complexity index is 1700. The highest BCUT2D eigenvalue weighted by atomic mass is 32.2. The van der Waals surface area contributed by atoms with Crippen molar-refractivity contribution in [1.82, 2.24) is 47.0 Å².